The number of methoxy groups -OCH3 is 1. The number of nitrogens with zero attached hydrogens (tertiary/aromatic N) is 1. The zero-order chi connectivity index (χ0) is 24.4. The van der Waals surface area contributed by atoms with E-state index in [1.807, 2.05) is 26.0 Å². The molecule has 0 saturated carbocycles. The molecule has 1 spiro atoms. The minimum atomic E-state index is -1.46. The van der Waals surface area contributed by atoms with Crippen LogP contribution in [0.5, 0.6) is 5.75 Å². The van der Waals surface area contributed by atoms with Crippen LogP contribution < -0.4 is 21.1 Å². The summed E-state index contributed by atoms with van der Waals surface area (Å²) in [6.45, 7) is 3.80. The molecule has 9 heteroatoms. The normalized spacial score (nSPS) is 27.2. The molecule has 3 aliphatic heterocycles. The number of carbonyl (C=O) groups is 4. The van der Waals surface area contributed by atoms with E-state index in [0.717, 1.165) is 11.1 Å². The number of benzene rings is 2. The fourth-order valence-corrected chi connectivity index (χ4v) is 5.87. The van der Waals surface area contributed by atoms with E-state index >= 15 is 0 Å². The van der Waals surface area contributed by atoms with E-state index in [4.69, 9.17) is 10.5 Å². The molecule has 2 fully saturated rings. The monoisotopic (exact) mass is 462 g/mol. The van der Waals surface area contributed by atoms with Crippen LogP contribution in [0.1, 0.15) is 28.7 Å². The highest BCUT2D eigenvalue weighted by molar-refractivity contribution is 6.15. The van der Waals surface area contributed by atoms with Crippen molar-refractivity contribution in [2.75, 3.05) is 12.4 Å². The lowest BCUT2D eigenvalue weighted by Gasteiger charge is -2.29. The van der Waals surface area contributed by atoms with Crippen molar-refractivity contribution in [3.05, 3.63) is 58.7 Å². The molecule has 2 saturated heterocycles. The first kappa shape index (κ1) is 22.1. The number of rotatable bonds is 5. The number of likely N-dealkylation sites (tertiary alicyclic amines) is 1. The molecule has 4 N–H and O–H groups in total. The molecule has 2 aromatic rings. The number of imide groups is 1. The van der Waals surface area contributed by atoms with Gasteiger partial charge in [0.2, 0.25) is 23.6 Å². The van der Waals surface area contributed by atoms with Crippen molar-refractivity contribution >= 4 is 29.3 Å². The van der Waals surface area contributed by atoms with Gasteiger partial charge in [0.05, 0.1) is 25.5 Å². The largest absolute Gasteiger partial charge is 0.496 e. The van der Waals surface area contributed by atoms with Crippen molar-refractivity contribution in [3.8, 4) is 5.75 Å². The fraction of sp³-hybridized carbons (Fsp3) is 0.360. The maximum Gasteiger partial charge on any atom is 0.250 e. The summed E-state index contributed by atoms with van der Waals surface area (Å²) in [4.78, 5) is 54.1. The molecular formula is C25H26N4O5. The van der Waals surface area contributed by atoms with E-state index in [9.17, 15) is 19.2 Å². The Morgan fingerprint density at radius 2 is 1.88 bits per heavy atom. The SMILES string of the molecule is COc1ccccc1CN1C(=O)C2C(CC(N)=O)NC3(C(=O)Nc4c(C)cc(C)cc43)C2C1=O. The molecule has 4 amide bonds. The van der Waals surface area contributed by atoms with Crippen LogP contribution in [0.15, 0.2) is 36.4 Å². The number of aryl methyl sites for hydroxylation is 2. The molecule has 176 valence electrons. The number of anilines is 1. The Morgan fingerprint density at radius 1 is 1.15 bits per heavy atom. The van der Waals surface area contributed by atoms with Gasteiger partial charge in [-0.05, 0) is 25.5 Å². The summed E-state index contributed by atoms with van der Waals surface area (Å²) in [7, 11) is 1.52. The fourth-order valence-electron chi connectivity index (χ4n) is 5.87. The summed E-state index contributed by atoms with van der Waals surface area (Å²) in [5.41, 5.74) is 7.74. The number of amides is 4. The Morgan fingerprint density at radius 3 is 2.59 bits per heavy atom. The zero-order valence-corrected chi connectivity index (χ0v) is 19.2. The van der Waals surface area contributed by atoms with Crippen LogP contribution in [0.2, 0.25) is 0 Å². The van der Waals surface area contributed by atoms with Gasteiger partial charge in [-0.2, -0.15) is 0 Å². The van der Waals surface area contributed by atoms with Gasteiger partial charge in [0.25, 0.3) is 0 Å². The topological polar surface area (TPSA) is 131 Å². The third-order valence-electron chi connectivity index (χ3n) is 7.20. The molecule has 0 aromatic heterocycles. The second-order valence-corrected chi connectivity index (χ2v) is 9.27. The molecule has 4 unspecified atom stereocenters. The van der Waals surface area contributed by atoms with Crippen molar-refractivity contribution in [2.45, 2.75) is 38.4 Å². The van der Waals surface area contributed by atoms with E-state index < -0.39 is 47.0 Å². The average molecular weight is 463 g/mol. The van der Waals surface area contributed by atoms with E-state index in [1.54, 1.807) is 24.3 Å². The Labute approximate surface area is 196 Å². The van der Waals surface area contributed by atoms with Crippen molar-refractivity contribution < 1.29 is 23.9 Å². The number of carbonyl (C=O) groups excluding carboxylic acids is 4. The third-order valence-corrected chi connectivity index (χ3v) is 7.20. The number of primary amides is 1. The van der Waals surface area contributed by atoms with Crippen LogP contribution in [-0.2, 0) is 31.3 Å². The highest BCUT2D eigenvalue weighted by Gasteiger charge is 2.70. The van der Waals surface area contributed by atoms with Crippen molar-refractivity contribution in [1.82, 2.24) is 10.2 Å². The molecule has 0 radical (unpaired) electrons. The predicted octanol–water partition coefficient (Wildman–Crippen LogP) is 1.11. The van der Waals surface area contributed by atoms with Gasteiger partial charge in [-0.1, -0.05) is 35.9 Å². The summed E-state index contributed by atoms with van der Waals surface area (Å²) in [6, 6.07) is 10.2. The Bertz CT molecular complexity index is 1260. The maximum absolute atomic E-state index is 13.8. The first-order chi connectivity index (χ1) is 16.2. The molecule has 5 rings (SSSR count). The van der Waals surface area contributed by atoms with Crippen LogP contribution in [0.3, 0.4) is 0 Å². The van der Waals surface area contributed by atoms with Crippen LogP contribution in [0.4, 0.5) is 5.69 Å². The maximum atomic E-state index is 13.8. The Kier molecular flexibility index (Phi) is 4.98. The van der Waals surface area contributed by atoms with Gasteiger partial charge < -0.3 is 15.8 Å². The number of nitrogens with one attached hydrogen (secondary N) is 2. The van der Waals surface area contributed by atoms with E-state index in [2.05, 4.69) is 10.6 Å². The minimum absolute atomic E-state index is 0.00930. The van der Waals surface area contributed by atoms with Gasteiger partial charge in [-0.3, -0.25) is 29.4 Å². The standard InChI is InChI=1S/C25H26N4O5/c1-12-8-13(2)21-15(9-12)25(24(33)27-21)20-19(16(28-25)10-18(26)30)22(31)29(23(20)32)11-14-6-4-5-7-17(14)34-3/h4-9,16,19-20,28H,10-11H2,1-3H3,(H2,26,30)(H,27,33). The summed E-state index contributed by atoms with van der Waals surface area (Å²) in [5.74, 6) is -3.25. The summed E-state index contributed by atoms with van der Waals surface area (Å²) in [5, 5.41) is 6.13. The molecule has 0 aliphatic carbocycles. The quantitative estimate of drug-likeness (QED) is 0.571. The second-order valence-electron chi connectivity index (χ2n) is 9.27. The molecule has 4 atom stereocenters. The van der Waals surface area contributed by atoms with Crippen molar-refractivity contribution in [3.63, 3.8) is 0 Å². The lowest BCUT2D eigenvalue weighted by molar-refractivity contribution is -0.143. The van der Waals surface area contributed by atoms with E-state index in [1.165, 1.54) is 12.0 Å². The smallest absolute Gasteiger partial charge is 0.250 e. The van der Waals surface area contributed by atoms with Gasteiger partial charge in [0.15, 0.2) is 0 Å². The first-order valence-corrected chi connectivity index (χ1v) is 11.1. The molecule has 2 aromatic carbocycles. The van der Waals surface area contributed by atoms with Crippen LogP contribution in [0, 0.1) is 25.7 Å². The number of nitrogens with two attached hydrogens (primary N) is 1. The van der Waals surface area contributed by atoms with Gasteiger partial charge in [-0.15, -0.1) is 0 Å². The van der Waals surface area contributed by atoms with Crippen molar-refractivity contribution in [1.29, 1.82) is 0 Å². The number of hydrogen-bond donors (Lipinski definition) is 3. The van der Waals surface area contributed by atoms with Gasteiger partial charge in [0, 0.05) is 29.3 Å². The Hall–Kier alpha value is -3.72. The van der Waals surface area contributed by atoms with Gasteiger partial charge >= 0.3 is 0 Å². The molecular weight excluding hydrogens is 436 g/mol. The summed E-state index contributed by atoms with van der Waals surface area (Å²) in [6.07, 6.45) is -0.169. The number of fused-ring (bicyclic) bond motifs is 4. The highest BCUT2D eigenvalue weighted by atomic mass is 16.5. The number of ether oxygens (including phenoxy) is 1. The minimum Gasteiger partial charge on any atom is -0.496 e. The van der Waals surface area contributed by atoms with E-state index in [0.29, 0.717) is 22.6 Å². The van der Waals surface area contributed by atoms with Gasteiger partial charge in [0.1, 0.15) is 11.3 Å². The molecule has 34 heavy (non-hydrogen) atoms. The molecule has 0 bridgehead atoms. The molecule has 3 heterocycles. The van der Waals surface area contributed by atoms with Crippen LogP contribution >= 0.6 is 0 Å². The number of para-hydroxylation sites is 1. The van der Waals surface area contributed by atoms with E-state index in [-0.39, 0.29) is 13.0 Å². The second kappa shape index (κ2) is 7.66. The summed E-state index contributed by atoms with van der Waals surface area (Å²) >= 11 is 0. The van der Waals surface area contributed by atoms with Gasteiger partial charge in [-0.25, -0.2) is 0 Å². The molecule has 3 aliphatic rings. The zero-order valence-electron chi connectivity index (χ0n) is 19.2. The Balaban J connectivity index is 1.63. The van der Waals surface area contributed by atoms with Crippen LogP contribution in [-0.4, -0.2) is 41.7 Å². The lowest BCUT2D eigenvalue weighted by atomic mass is 9.76. The van der Waals surface area contributed by atoms with Crippen molar-refractivity contribution in [2.24, 2.45) is 17.6 Å². The molecule has 9 nitrogen and oxygen atoms in total. The summed E-state index contributed by atoms with van der Waals surface area (Å²) < 4.78 is 5.39. The number of hydrogen-bond acceptors (Lipinski definition) is 6. The highest BCUT2D eigenvalue weighted by Crippen LogP contribution is 2.54. The third kappa shape index (κ3) is 2.96. The van der Waals surface area contributed by atoms with Crippen LogP contribution in [0.25, 0.3) is 0 Å². The predicted molar refractivity (Wildman–Crippen MR) is 122 cm³/mol. The average Bonchev–Trinajstić information content (AvgIpc) is 3.35. The first-order valence-electron chi connectivity index (χ1n) is 11.1. The lowest BCUT2D eigenvalue weighted by Crippen LogP contribution is -2.53.